The molecule has 11 nitrogen and oxygen atoms in total. The molecule has 2 aromatic rings. The van der Waals surface area contributed by atoms with Crippen LogP contribution < -0.4 is 20.1 Å². The Hall–Kier alpha value is -3.30. The fraction of sp³-hybridized carbons (Fsp3) is 0.500. The number of hydrogen-bond acceptors (Lipinski definition) is 9. The molecule has 2 N–H and O–H groups in total. The number of benzene rings is 1. The first-order valence-corrected chi connectivity index (χ1v) is 12.0. The molecule has 1 fully saturated rings. The van der Waals surface area contributed by atoms with Crippen molar-refractivity contribution in [3.05, 3.63) is 23.9 Å². The van der Waals surface area contributed by atoms with Crippen molar-refractivity contribution in [1.82, 2.24) is 9.29 Å². The summed E-state index contributed by atoms with van der Waals surface area (Å²) in [7, 11) is -1.35. The first-order valence-electron chi connectivity index (χ1n) is 10.6. The van der Waals surface area contributed by atoms with E-state index in [1.165, 1.54) is 24.7 Å². The monoisotopic (exact) mass is 491 g/mol. The Kier molecular flexibility index (Phi) is 7.09. The van der Waals surface area contributed by atoms with Crippen molar-refractivity contribution in [3.63, 3.8) is 0 Å². The molecule has 0 aliphatic carbocycles. The summed E-state index contributed by atoms with van der Waals surface area (Å²) in [6, 6.07) is 5.10. The van der Waals surface area contributed by atoms with Crippen LogP contribution >= 0.6 is 0 Å². The van der Waals surface area contributed by atoms with Gasteiger partial charge in [0.1, 0.15) is 6.07 Å². The van der Waals surface area contributed by atoms with Crippen LogP contribution in [-0.4, -0.2) is 63.7 Å². The van der Waals surface area contributed by atoms with Gasteiger partial charge in [-0.2, -0.15) is 18.0 Å². The van der Waals surface area contributed by atoms with Crippen LogP contribution in [0.2, 0.25) is 0 Å². The van der Waals surface area contributed by atoms with Gasteiger partial charge in [0.15, 0.2) is 11.5 Å². The number of nitrogens with zero attached hydrogens (tertiary/aromatic N) is 4. The van der Waals surface area contributed by atoms with Crippen molar-refractivity contribution in [3.8, 4) is 17.6 Å². The number of fused-ring (bicyclic) bond motifs is 1. The third kappa shape index (κ3) is 4.95. The molecule has 2 heterocycles. The second kappa shape index (κ2) is 9.52. The van der Waals surface area contributed by atoms with Crippen LogP contribution in [0.5, 0.6) is 11.5 Å². The van der Waals surface area contributed by atoms with Gasteiger partial charge in [-0.15, -0.1) is 0 Å². The van der Waals surface area contributed by atoms with Crippen LogP contribution in [0, 0.1) is 16.7 Å². The summed E-state index contributed by atoms with van der Waals surface area (Å²) >= 11 is 0. The van der Waals surface area contributed by atoms with E-state index in [1.807, 2.05) is 25.7 Å². The third-order valence-electron chi connectivity index (χ3n) is 5.80. The number of carbonyl (C=O) groups is 1. The molecule has 0 radical (unpaired) electrons. The van der Waals surface area contributed by atoms with Gasteiger partial charge in [-0.1, -0.05) is 20.8 Å². The topological polar surface area (TPSA) is 148 Å². The Morgan fingerprint density at radius 1 is 1.21 bits per heavy atom. The number of hydrogen-bond donors (Lipinski definition) is 1. The highest BCUT2D eigenvalue weighted by atomic mass is 32.2. The molecule has 1 atom stereocenters. The summed E-state index contributed by atoms with van der Waals surface area (Å²) in [4.78, 5) is 17.6. The zero-order valence-electron chi connectivity index (χ0n) is 19.9. The normalized spacial score (nSPS) is 17.6. The van der Waals surface area contributed by atoms with Gasteiger partial charge in [-0.3, -0.25) is 4.98 Å². The number of primary amides is 1. The summed E-state index contributed by atoms with van der Waals surface area (Å²) in [6.07, 6.45) is 0.531. The van der Waals surface area contributed by atoms with Crippen molar-refractivity contribution < 1.29 is 26.9 Å². The Morgan fingerprint density at radius 3 is 2.41 bits per heavy atom. The number of carbonyl (C=O) groups excluding carboxylic acids is 1. The molecule has 1 aromatic heterocycles. The average Bonchev–Trinajstić information content (AvgIpc) is 3.00. The predicted octanol–water partition coefficient (Wildman–Crippen LogP) is 2.39. The third-order valence-corrected chi connectivity index (χ3v) is 7.19. The van der Waals surface area contributed by atoms with Gasteiger partial charge in [-0.05, 0) is 17.9 Å². The molecule has 1 aromatic carbocycles. The van der Waals surface area contributed by atoms with Gasteiger partial charge in [0, 0.05) is 37.3 Å². The van der Waals surface area contributed by atoms with Crippen LogP contribution in [0.4, 0.5) is 10.5 Å². The molecule has 1 aliphatic heterocycles. The maximum atomic E-state index is 12.8. The number of amides is 1. The van der Waals surface area contributed by atoms with Crippen LogP contribution in [-0.2, 0) is 14.5 Å². The lowest BCUT2D eigenvalue weighted by Crippen LogP contribution is -2.52. The van der Waals surface area contributed by atoms with Gasteiger partial charge >= 0.3 is 16.4 Å². The van der Waals surface area contributed by atoms with E-state index in [4.69, 9.17) is 15.2 Å². The number of methoxy groups -OCH3 is 2. The standard InChI is InChI=1S/C22H29N5O6S/c1-22(2,3)19-13-26(7-6-8-27(19)34(29,30)33-21(24)28)20-14(11-23)12-25-16-10-18(32-5)17(31-4)9-15(16)20/h9-10,12,19H,6-8,13H2,1-5H3,(H2,24,28). The highest BCUT2D eigenvalue weighted by Gasteiger charge is 2.42. The lowest BCUT2D eigenvalue weighted by atomic mass is 9.86. The number of aromatic nitrogens is 1. The minimum atomic E-state index is -4.40. The predicted molar refractivity (Wildman–Crippen MR) is 126 cm³/mol. The number of nitrogens with two attached hydrogens (primary N) is 1. The summed E-state index contributed by atoms with van der Waals surface area (Å²) in [6.45, 7) is 6.52. The summed E-state index contributed by atoms with van der Waals surface area (Å²) in [5.41, 5.74) is 6.04. The maximum Gasteiger partial charge on any atom is 0.421 e. The van der Waals surface area contributed by atoms with E-state index >= 15 is 0 Å². The SMILES string of the molecule is COc1cc2ncc(C#N)c(N3CCCN(S(=O)(=O)OC(N)=O)C(C(C)(C)C)C3)c2cc1OC. The van der Waals surface area contributed by atoms with E-state index in [0.29, 0.717) is 46.6 Å². The number of ether oxygens (including phenoxy) is 2. The fourth-order valence-electron chi connectivity index (χ4n) is 4.22. The molecule has 0 spiro atoms. The van der Waals surface area contributed by atoms with Gasteiger partial charge < -0.3 is 24.3 Å². The van der Waals surface area contributed by atoms with Crippen molar-refractivity contribution >= 4 is 33.0 Å². The van der Waals surface area contributed by atoms with E-state index in [1.54, 1.807) is 12.1 Å². The van der Waals surface area contributed by atoms with Crippen molar-refractivity contribution in [1.29, 1.82) is 5.26 Å². The van der Waals surface area contributed by atoms with Gasteiger partial charge in [0.05, 0.1) is 37.0 Å². The zero-order chi connectivity index (χ0) is 25.3. The van der Waals surface area contributed by atoms with E-state index in [0.717, 1.165) is 0 Å². The molecular weight excluding hydrogens is 462 g/mol. The first-order chi connectivity index (χ1) is 15.9. The molecule has 1 aliphatic rings. The van der Waals surface area contributed by atoms with Gasteiger partial charge in [-0.25, -0.2) is 4.79 Å². The van der Waals surface area contributed by atoms with Crippen LogP contribution in [0.3, 0.4) is 0 Å². The minimum absolute atomic E-state index is 0.121. The lowest BCUT2D eigenvalue weighted by Gasteiger charge is -2.39. The number of rotatable bonds is 5. The van der Waals surface area contributed by atoms with E-state index in [-0.39, 0.29) is 13.1 Å². The highest BCUT2D eigenvalue weighted by Crippen LogP contribution is 2.39. The van der Waals surface area contributed by atoms with Crippen LogP contribution in [0.25, 0.3) is 10.9 Å². The lowest BCUT2D eigenvalue weighted by molar-refractivity contribution is 0.165. The number of nitriles is 1. The van der Waals surface area contributed by atoms with Crippen molar-refractivity contribution in [2.24, 2.45) is 11.1 Å². The molecule has 0 saturated carbocycles. The Labute approximate surface area is 199 Å². The summed E-state index contributed by atoms with van der Waals surface area (Å²) in [5, 5.41) is 10.5. The molecular formula is C22H29N5O6S. The summed E-state index contributed by atoms with van der Waals surface area (Å²) < 4.78 is 42.2. The Bertz CT molecular complexity index is 1240. The average molecular weight is 492 g/mol. The molecule has 34 heavy (non-hydrogen) atoms. The van der Waals surface area contributed by atoms with E-state index in [2.05, 4.69) is 15.2 Å². The molecule has 1 amide bonds. The number of anilines is 1. The Balaban J connectivity index is 2.17. The van der Waals surface area contributed by atoms with Crippen molar-refractivity contribution in [2.45, 2.75) is 33.2 Å². The van der Waals surface area contributed by atoms with E-state index < -0.39 is 27.9 Å². The maximum absolute atomic E-state index is 12.8. The molecule has 0 bridgehead atoms. The quantitative estimate of drug-likeness (QED) is 0.665. The van der Waals surface area contributed by atoms with E-state index in [9.17, 15) is 18.5 Å². The second-order valence-electron chi connectivity index (χ2n) is 9.01. The fourth-order valence-corrected chi connectivity index (χ4v) is 5.57. The van der Waals surface area contributed by atoms with Gasteiger partial charge in [0.2, 0.25) is 0 Å². The highest BCUT2D eigenvalue weighted by molar-refractivity contribution is 7.84. The summed E-state index contributed by atoms with van der Waals surface area (Å²) in [5.74, 6) is 0.983. The number of pyridine rings is 1. The first kappa shape index (κ1) is 25.3. The van der Waals surface area contributed by atoms with Crippen LogP contribution in [0.1, 0.15) is 32.8 Å². The molecule has 184 valence electrons. The van der Waals surface area contributed by atoms with Crippen molar-refractivity contribution in [2.75, 3.05) is 38.8 Å². The molecule has 12 heteroatoms. The molecule has 3 rings (SSSR count). The van der Waals surface area contributed by atoms with Crippen LogP contribution in [0.15, 0.2) is 18.3 Å². The molecule has 1 unspecified atom stereocenters. The minimum Gasteiger partial charge on any atom is -0.493 e. The Morgan fingerprint density at radius 2 is 1.85 bits per heavy atom. The molecule has 1 saturated heterocycles. The zero-order valence-corrected chi connectivity index (χ0v) is 20.7. The smallest absolute Gasteiger partial charge is 0.421 e. The second-order valence-corrected chi connectivity index (χ2v) is 10.5. The largest absolute Gasteiger partial charge is 0.493 e. The van der Waals surface area contributed by atoms with Gasteiger partial charge in [0.25, 0.3) is 0 Å².